The van der Waals surface area contributed by atoms with E-state index in [-0.39, 0.29) is 0 Å². The van der Waals surface area contributed by atoms with Crippen LogP contribution in [0, 0.1) is 0 Å². The highest BCUT2D eigenvalue weighted by Crippen LogP contribution is 2.58. The van der Waals surface area contributed by atoms with Crippen molar-refractivity contribution in [3.8, 4) is 55.6 Å². The average Bonchev–Trinajstić information content (AvgIpc) is 1.53. The summed E-state index contributed by atoms with van der Waals surface area (Å²) < 4.78 is 0. The molecule has 590 valence electrons. The van der Waals surface area contributed by atoms with E-state index >= 15 is 0 Å². The standard InChI is InChI=1S/C121H90Si4/c1-13-49-101(50-14-1)122(102-51-15-2-16-52-102,103-53-17-3-18-54-103)113-73-41-45-91(87-113)95-81-96(92-46-42-74-114(88-92)123(104-55-19-4-20-56-104,105-57-21-5-22-58-105)106-59-23-6-24-60-106)84-99(83-95)121(119-79-39-37-77-117(119)118-78-38-40-80-120(118)121)100-85-97(93-47-43-75-115(89-93)124(107-61-25-7-26-62-107,108-63-27-8-28-64-108)109-65-29-9-30-66-109)82-98(86-100)94-48-44-76-116(90-94)125(110-67-31-10-32-68-110,111-69-33-11-34-70-111)112-71-35-12-36-72-112/h1-90H. The molecule has 0 bridgehead atoms. The average molecular weight is 1660 g/mol. The Bertz CT molecular complexity index is 5970. The third-order valence-corrected chi connectivity index (χ3v) is 45.8. The minimum atomic E-state index is -3.08. The summed E-state index contributed by atoms with van der Waals surface area (Å²) >= 11 is 0. The molecule has 0 fully saturated rings. The Kier molecular flexibility index (Phi) is 20.8. The molecule has 20 aromatic carbocycles. The molecule has 0 saturated heterocycles. The van der Waals surface area contributed by atoms with Gasteiger partial charge in [-0.25, -0.2) is 0 Å². The molecule has 0 amide bonds. The Balaban J connectivity index is 0.883. The molecule has 1 aliphatic carbocycles. The van der Waals surface area contributed by atoms with Crippen LogP contribution in [-0.2, 0) is 5.41 Å². The van der Waals surface area contributed by atoms with Gasteiger partial charge >= 0.3 is 0 Å². The second-order valence-electron chi connectivity index (χ2n) is 33.2. The number of fused-ring (bicyclic) bond motifs is 3. The monoisotopic (exact) mass is 1650 g/mol. The highest BCUT2D eigenvalue weighted by atomic mass is 28.3. The van der Waals surface area contributed by atoms with Crippen LogP contribution >= 0.6 is 0 Å². The first-order chi connectivity index (χ1) is 62.0. The van der Waals surface area contributed by atoms with E-state index in [0.29, 0.717) is 0 Å². The van der Waals surface area contributed by atoms with E-state index in [1.807, 2.05) is 0 Å². The Labute approximate surface area is 738 Å². The van der Waals surface area contributed by atoms with Gasteiger partial charge in [0.05, 0.1) is 5.41 Å². The van der Waals surface area contributed by atoms with Crippen molar-refractivity contribution < 1.29 is 0 Å². The lowest BCUT2D eigenvalue weighted by atomic mass is 9.66. The summed E-state index contributed by atoms with van der Waals surface area (Å²) in [4.78, 5) is 0. The van der Waals surface area contributed by atoms with E-state index in [0.717, 1.165) is 44.5 Å². The van der Waals surface area contributed by atoms with E-state index in [9.17, 15) is 0 Å². The summed E-state index contributed by atoms with van der Waals surface area (Å²) in [6.07, 6.45) is 0. The highest BCUT2D eigenvalue weighted by molar-refractivity contribution is 7.22. The number of hydrogen-bond acceptors (Lipinski definition) is 0. The van der Waals surface area contributed by atoms with Crippen LogP contribution in [0.15, 0.2) is 546 Å². The van der Waals surface area contributed by atoms with Crippen molar-refractivity contribution in [1.82, 2.24) is 0 Å². The molecular formula is C121H90Si4. The largest absolute Gasteiger partial charge is 0.179 e. The Morgan fingerprint density at radius 1 is 0.112 bits per heavy atom. The maximum atomic E-state index is 2.60. The number of hydrogen-bond donors (Lipinski definition) is 0. The van der Waals surface area contributed by atoms with Gasteiger partial charge in [0.2, 0.25) is 0 Å². The summed E-state index contributed by atoms with van der Waals surface area (Å²) in [5.41, 5.74) is 15.4. The molecule has 0 heterocycles. The lowest BCUT2D eigenvalue weighted by molar-refractivity contribution is 0.770. The maximum absolute atomic E-state index is 3.08. The second kappa shape index (κ2) is 33.6. The van der Waals surface area contributed by atoms with Gasteiger partial charge in [0, 0.05) is 0 Å². The molecule has 0 aromatic heterocycles. The molecule has 0 spiro atoms. The van der Waals surface area contributed by atoms with Crippen LogP contribution in [0.3, 0.4) is 0 Å². The SMILES string of the molecule is c1ccc([Si](c2ccccc2)(c2ccccc2)c2cccc(-c3cc(-c4cccc([Si](c5ccccc5)(c5ccccc5)c5ccccc5)c4)cc(C4(c5cc(-c6cccc([Si](c7ccccc7)(c7ccccc7)c7ccccc7)c6)cc(-c6cccc([Si](c7ccccc7)(c7ccccc7)c7ccccc7)c6)c5)c5ccccc5-c5ccccc54)c3)c2)cc1. The van der Waals surface area contributed by atoms with Crippen LogP contribution in [0.1, 0.15) is 22.3 Å². The van der Waals surface area contributed by atoms with Crippen LogP contribution < -0.4 is 83.0 Å². The number of benzene rings is 20. The molecule has 1 aliphatic rings. The molecule has 0 atom stereocenters. The van der Waals surface area contributed by atoms with Crippen LogP contribution in [-0.4, -0.2) is 32.3 Å². The fourth-order valence-electron chi connectivity index (χ4n) is 21.4. The quantitative estimate of drug-likeness (QED) is 0.0469. The van der Waals surface area contributed by atoms with Crippen molar-refractivity contribution in [2.24, 2.45) is 0 Å². The molecule has 0 unspecified atom stereocenters. The topological polar surface area (TPSA) is 0 Å². The molecular weight excluding hydrogens is 1570 g/mol. The van der Waals surface area contributed by atoms with Crippen LogP contribution in [0.25, 0.3) is 55.6 Å². The normalized spacial score (nSPS) is 12.4. The van der Waals surface area contributed by atoms with Gasteiger partial charge in [-0.3, -0.25) is 0 Å². The van der Waals surface area contributed by atoms with Crippen molar-refractivity contribution in [2.75, 3.05) is 0 Å². The van der Waals surface area contributed by atoms with Gasteiger partial charge in [0.15, 0.2) is 32.3 Å². The van der Waals surface area contributed by atoms with Gasteiger partial charge in [-0.05, 0) is 197 Å². The molecule has 21 rings (SSSR count). The lowest BCUT2D eigenvalue weighted by Crippen LogP contribution is -2.74. The predicted octanol–water partition coefficient (Wildman–Crippen LogP) is 18.2. The third kappa shape index (κ3) is 13.3. The van der Waals surface area contributed by atoms with Gasteiger partial charge < -0.3 is 0 Å². The fraction of sp³-hybridized carbons (Fsp3) is 0.00826. The van der Waals surface area contributed by atoms with Gasteiger partial charge in [0.1, 0.15) is 0 Å². The zero-order chi connectivity index (χ0) is 83.5. The molecule has 20 aromatic rings. The molecule has 0 saturated carbocycles. The predicted molar refractivity (Wildman–Crippen MR) is 540 cm³/mol. The van der Waals surface area contributed by atoms with E-state index in [2.05, 4.69) is 546 Å². The summed E-state index contributed by atoms with van der Waals surface area (Å²) in [7, 11) is -12.3. The van der Waals surface area contributed by atoms with Crippen molar-refractivity contribution in [3.05, 3.63) is 568 Å². The first kappa shape index (κ1) is 77.6. The molecule has 4 heteroatoms. The Morgan fingerprint density at radius 2 is 0.264 bits per heavy atom. The summed E-state index contributed by atoms with van der Waals surface area (Å²) in [6.45, 7) is 0. The zero-order valence-electron chi connectivity index (χ0n) is 69.5. The zero-order valence-corrected chi connectivity index (χ0v) is 73.5. The fourth-order valence-corrected chi connectivity index (χ4v) is 40.5. The van der Waals surface area contributed by atoms with Gasteiger partial charge in [-0.15, -0.1) is 0 Å². The van der Waals surface area contributed by atoms with Crippen LogP contribution in [0.4, 0.5) is 0 Å². The van der Waals surface area contributed by atoms with E-state index in [4.69, 9.17) is 0 Å². The molecule has 0 aliphatic heterocycles. The van der Waals surface area contributed by atoms with E-state index in [1.165, 1.54) is 116 Å². The summed E-state index contributed by atoms with van der Waals surface area (Å²) in [5.74, 6) is 0. The summed E-state index contributed by atoms with van der Waals surface area (Å²) in [6, 6.07) is 210. The minimum absolute atomic E-state index is 0.965. The Hall–Kier alpha value is -14.7. The van der Waals surface area contributed by atoms with Gasteiger partial charge in [0.25, 0.3) is 0 Å². The lowest BCUT2D eigenvalue weighted by Gasteiger charge is -2.36. The van der Waals surface area contributed by atoms with Crippen molar-refractivity contribution in [1.29, 1.82) is 0 Å². The van der Waals surface area contributed by atoms with Crippen LogP contribution in [0.5, 0.6) is 0 Å². The maximum Gasteiger partial charge on any atom is 0.179 e. The first-order valence-corrected chi connectivity index (χ1v) is 51.6. The van der Waals surface area contributed by atoms with Crippen molar-refractivity contribution >= 4 is 115 Å². The molecule has 125 heavy (non-hydrogen) atoms. The van der Waals surface area contributed by atoms with Gasteiger partial charge in [-0.1, -0.05) is 510 Å². The molecule has 0 radical (unpaired) electrons. The van der Waals surface area contributed by atoms with Gasteiger partial charge in [-0.2, -0.15) is 0 Å². The smallest absolute Gasteiger partial charge is 0.0623 e. The van der Waals surface area contributed by atoms with E-state index < -0.39 is 37.7 Å². The van der Waals surface area contributed by atoms with Crippen molar-refractivity contribution in [3.63, 3.8) is 0 Å². The van der Waals surface area contributed by atoms with Crippen molar-refractivity contribution in [2.45, 2.75) is 5.41 Å². The Morgan fingerprint density at radius 3 is 0.440 bits per heavy atom. The van der Waals surface area contributed by atoms with Crippen LogP contribution in [0.2, 0.25) is 0 Å². The molecule has 0 nitrogen and oxygen atoms in total. The molecule has 0 N–H and O–H groups in total. The van der Waals surface area contributed by atoms with E-state index in [1.54, 1.807) is 0 Å². The summed E-state index contributed by atoms with van der Waals surface area (Å²) in [5, 5.41) is 21.2. The second-order valence-corrected chi connectivity index (χ2v) is 48.4. The third-order valence-electron chi connectivity index (χ3n) is 26.7. The number of rotatable bonds is 22. The first-order valence-electron chi connectivity index (χ1n) is 43.6. The highest BCUT2D eigenvalue weighted by Gasteiger charge is 2.50. The minimum Gasteiger partial charge on any atom is -0.0623 e.